The number of piperidine rings is 1. The zero-order valence-corrected chi connectivity index (χ0v) is 14.5. The van der Waals surface area contributed by atoms with Gasteiger partial charge in [-0.05, 0) is 43.2 Å². The van der Waals surface area contributed by atoms with Gasteiger partial charge in [-0.2, -0.15) is 0 Å². The van der Waals surface area contributed by atoms with E-state index < -0.39 is 0 Å². The summed E-state index contributed by atoms with van der Waals surface area (Å²) in [5.74, 6) is -0.230. The molecular weight excluding hydrogens is 333 g/mol. The number of benzene rings is 1. The van der Waals surface area contributed by atoms with Crippen LogP contribution in [0.25, 0.3) is 0 Å². The molecule has 1 aromatic carbocycles. The van der Waals surface area contributed by atoms with Crippen LogP contribution in [0.1, 0.15) is 29.6 Å². The zero-order chi connectivity index (χ0) is 18.0. The summed E-state index contributed by atoms with van der Waals surface area (Å²) in [5.41, 5.74) is 1.10. The molecule has 3 heterocycles. The van der Waals surface area contributed by atoms with E-state index in [4.69, 9.17) is 4.74 Å². The number of hydrogen-bond acceptors (Lipinski definition) is 4. The first-order valence-electron chi connectivity index (χ1n) is 8.99. The molecule has 2 aliphatic rings. The number of nitrogens with one attached hydrogen (secondary N) is 1. The number of nitrogens with zero attached hydrogens (tertiary/aromatic N) is 2. The first kappa shape index (κ1) is 17.0. The number of anilines is 1. The van der Waals surface area contributed by atoms with E-state index in [9.17, 15) is 9.18 Å². The second-order valence-corrected chi connectivity index (χ2v) is 7.12. The second-order valence-electron chi connectivity index (χ2n) is 7.12. The number of halogens is 1. The van der Waals surface area contributed by atoms with E-state index in [0.29, 0.717) is 18.7 Å². The fourth-order valence-corrected chi connectivity index (χ4v) is 3.98. The normalized spacial score (nSPS) is 25.4. The quantitative estimate of drug-likeness (QED) is 0.919. The predicted molar refractivity (Wildman–Crippen MR) is 96.5 cm³/mol. The molecule has 136 valence electrons. The van der Waals surface area contributed by atoms with E-state index in [0.717, 1.165) is 31.5 Å². The summed E-state index contributed by atoms with van der Waals surface area (Å²) in [6.07, 6.45) is 5.94. The minimum atomic E-state index is -0.314. The molecule has 0 bridgehead atoms. The van der Waals surface area contributed by atoms with Crippen LogP contribution in [0, 0.1) is 5.82 Å². The molecule has 0 saturated carbocycles. The SMILES string of the molecule is O=C(c1ccncc1)N1CCCC2(CC(Nc3cccc(F)c3)CO2)C1. The summed E-state index contributed by atoms with van der Waals surface area (Å²) >= 11 is 0. The van der Waals surface area contributed by atoms with Crippen LogP contribution in [0.5, 0.6) is 0 Å². The second kappa shape index (κ2) is 7.03. The zero-order valence-electron chi connectivity index (χ0n) is 14.5. The third-order valence-corrected chi connectivity index (χ3v) is 5.16. The van der Waals surface area contributed by atoms with Gasteiger partial charge in [0.05, 0.1) is 24.8 Å². The van der Waals surface area contributed by atoms with Gasteiger partial charge in [0.15, 0.2) is 0 Å². The largest absolute Gasteiger partial charge is 0.380 e. The lowest BCUT2D eigenvalue weighted by Gasteiger charge is -2.39. The summed E-state index contributed by atoms with van der Waals surface area (Å²) in [7, 11) is 0. The average Bonchev–Trinajstić information content (AvgIpc) is 3.03. The number of hydrogen-bond donors (Lipinski definition) is 1. The number of carbonyl (C=O) groups is 1. The average molecular weight is 355 g/mol. The van der Waals surface area contributed by atoms with E-state index in [-0.39, 0.29) is 23.4 Å². The Morgan fingerprint density at radius 2 is 2.15 bits per heavy atom. The number of amides is 1. The third-order valence-electron chi connectivity index (χ3n) is 5.16. The summed E-state index contributed by atoms with van der Waals surface area (Å²) in [4.78, 5) is 18.6. The lowest BCUT2D eigenvalue weighted by Crippen LogP contribution is -2.50. The van der Waals surface area contributed by atoms with Gasteiger partial charge in [0, 0.05) is 36.6 Å². The third kappa shape index (κ3) is 3.55. The smallest absolute Gasteiger partial charge is 0.254 e. The maximum atomic E-state index is 13.4. The van der Waals surface area contributed by atoms with Crippen molar-refractivity contribution in [1.82, 2.24) is 9.88 Å². The molecule has 26 heavy (non-hydrogen) atoms. The van der Waals surface area contributed by atoms with Crippen LogP contribution in [-0.2, 0) is 4.74 Å². The number of aromatic nitrogens is 1. The molecule has 6 heteroatoms. The molecule has 2 unspecified atom stereocenters. The molecule has 2 saturated heterocycles. The highest BCUT2D eigenvalue weighted by Gasteiger charge is 2.44. The highest BCUT2D eigenvalue weighted by Crippen LogP contribution is 2.36. The topological polar surface area (TPSA) is 54.5 Å². The first-order valence-corrected chi connectivity index (χ1v) is 8.99. The molecule has 1 amide bonds. The predicted octanol–water partition coefficient (Wildman–Crippen LogP) is 3.10. The molecule has 0 aliphatic carbocycles. The summed E-state index contributed by atoms with van der Waals surface area (Å²) in [6, 6.07) is 10.1. The van der Waals surface area contributed by atoms with E-state index in [2.05, 4.69) is 10.3 Å². The van der Waals surface area contributed by atoms with Crippen molar-refractivity contribution >= 4 is 11.6 Å². The number of ether oxygens (including phenoxy) is 1. The standard InChI is InChI=1S/C20H22FN3O2/c21-16-3-1-4-17(11-16)23-18-12-20(26-13-18)7-2-10-24(14-20)19(25)15-5-8-22-9-6-15/h1,3-6,8-9,11,18,23H,2,7,10,12-14H2. The van der Waals surface area contributed by atoms with Gasteiger partial charge in [-0.15, -0.1) is 0 Å². The van der Waals surface area contributed by atoms with Crippen molar-refractivity contribution in [2.45, 2.75) is 30.9 Å². The van der Waals surface area contributed by atoms with Crippen LogP contribution in [-0.4, -0.2) is 47.1 Å². The van der Waals surface area contributed by atoms with Crippen molar-refractivity contribution < 1.29 is 13.9 Å². The lowest BCUT2D eigenvalue weighted by atomic mass is 9.88. The van der Waals surface area contributed by atoms with Gasteiger partial charge in [0.1, 0.15) is 5.82 Å². The van der Waals surface area contributed by atoms with Crippen molar-refractivity contribution in [3.05, 3.63) is 60.2 Å². The Bertz CT molecular complexity index is 786. The molecule has 5 nitrogen and oxygen atoms in total. The monoisotopic (exact) mass is 355 g/mol. The molecule has 2 aliphatic heterocycles. The Morgan fingerprint density at radius 1 is 1.31 bits per heavy atom. The Balaban J connectivity index is 1.42. The van der Waals surface area contributed by atoms with Crippen LogP contribution in [0.3, 0.4) is 0 Å². The molecule has 0 radical (unpaired) electrons. The molecule has 2 fully saturated rings. The minimum absolute atomic E-state index is 0.0246. The van der Waals surface area contributed by atoms with Gasteiger partial charge >= 0.3 is 0 Å². The Kier molecular flexibility index (Phi) is 4.59. The van der Waals surface area contributed by atoms with Gasteiger partial charge in [-0.25, -0.2) is 4.39 Å². The van der Waals surface area contributed by atoms with Gasteiger partial charge < -0.3 is 15.0 Å². The molecule has 2 aromatic rings. The molecule has 1 spiro atoms. The van der Waals surface area contributed by atoms with Crippen molar-refractivity contribution in [2.24, 2.45) is 0 Å². The van der Waals surface area contributed by atoms with Gasteiger partial charge in [-0.1, -0.05) is 6.07 Å². The fraction of sp³-hybridized carbons (Fsp3) is 0.400. The molecule has 4 rings (SSSR count). The van der Waals surface area contributed by atoms with E-state index in [1.165, 1.54) is 12.1 Å². The molecule has 2 atom stereocenters. The lowest BCUT2D eigenvalue weighted by molar-refractivity contribution is -0.0447. The highest BCUT2D eigenvalue weighted by atomic mass is 19.1. The number of pyridine rings is 1. The Morgan fingerprint density at radius 3 is 2.96 bits per heavy atom. The molecule has 1 N–H and O–H groups in total. The molecular formula is C20H22FN3O2. The Hall–Kier alpha value is -2.47. The van der Waals surface area contributed by atoms with E-state index in [1.54, 1.807) is 30.6 Å². The fourth-order valence-electron chi connectivity index (χ4n) is 3.98. The van der Waals surface area contributed by atoms with Crippen LogP contribution in [0.15, 0.2) is 48.8 Å². The number of rotatable bonds is 3. The van der Waals surface area contributed by atoms with Gasteiger partial charge in [0.2, 0.25) is 0 Å². The maximum Gasteiger partial charge on any atom is 0.254 e. The van der Waals surface area contributed by atoms with Crippen LogP contribution < -0.4 is 5.32 Å². The summed E-state index contributed by atoms with van der Waals surface area (Å²) in [6.45, 7) is 1.90. The number of likely N-dealkylation sites (tertiary alicyclic amines) is 1. The van der Waals surface area contributed by atoms with E-state index in [1.807, 2.05) is 11.0 Å². The van der Waals surface area contributed by atoms with Crippen LogP contribution in [0.2, 0.25) is 0 Å². The van der Waals surface area contributed by atoms with Gasteiger partial charge in [-0.3, -0.25) is 9.78 Å². The van der Waals surface area contributed by atoms with Crippen LogP contribution in [0.4, 0.5) is 10.1 Å². The van der Waals surface area contributed by atoms with Crippen molar-refractivity contribution in [2.75, 3.05) is 25.0 Å². The molecule has 1 aromatic heterocycles. The maximum absolute atomic E-state index is 13.4. The van der Waals surface area contributed by atoms with Crippen molar-refractivity contribution in [3.63, 3.8) is 0 Å². The Labute approximate surface area is 152 Å². The van der Waals surface area contributed by atoms with Crippen LogP contribution >= 0.6 is 0 Å². The van der Waals surface area contributed by atoms with E-state index >= 15 is 0 Å². The minimum Gasteiger partial charge on any atom is -0.380 e. The van der Waals surface area contributed by atoms with Gasteiger partial charge in [0.25, 0.3) is 5.91 Å². The summed E-state index contributed by atoms with van der Waals surface area (Å²) in [5, 5.41) is 3.35. The summed E-state index contributed by atoms with van der Waals surface area (Å²) < 4.78 is 19.5. The van der Waals surface area contributed by atoms with Crippen molar-refractivity contribution in [3.8, 4) is 0 Å². The first-order chi connectivity index (χ1) is 12.6. The van der Waals surface area contributed by atoms with Crippen molar-refractivity contribution in [1.29, 1.82) is 0 Å². The highest BCUT2D eigenvalue weighted by molar-refractivity contribution is 5.94. The number of carbonyl (C=O) groups excluding carboxylic acids is 1.